The van der Waals surface area contributed by atoms with Crippen LogP contribution in [0.25, 0.3) is 11.1 Å². The smallest absolute Gasteiger partial charge is 0.537 e. The van der Waals surface area contributed by atoms with Crippen LogP contribution in [0.3, 0.4) is 0 Å². The first-order chi connectivity index (χ1) is 7.81. The van der Waals surface area contributed by atoms with Gasteiger partial charge in [-0.25, -0.2) is 0 Å². The summed E-state index contributed by atoms with van der Waals surface area (Å²) in [7, 11) is 0.671. The normalized spacial score (nSPS) is 9.88. The molecule has 0 bridgehead atoms. The van der Waals surface area contributed by atoms with E-state index in [1.54, 1.807) is 18.3 Å². The Morgan fingerprint density at radius 2 is 1.94 bits per heavy atom. The molecule has 0 saturated carbocycles. The van der Waals surface area contributed by atoms with Gasteiger partial charge in [0.1, 0.15) is 5.75 Å². The highest BCUT2D eigenvalue weighted by Gasteiger charge is 2.01. The van der Waals surface area contributed by atoms with E-state index in [1.165, 1.54) is 5.56 Å². The molecule has 3 nitrogen and oxygen atoms in total. The van der Waals surface area contributed by atoms with Gasteiger partial charge in [-0.1, -0.05) is 12.1 Å². The monoisotopic (exact) mass is 212 g/mol. The van der Waals surface area contributed by atoms with Crippen molar-refractivity contribution in [3.05, 3.63) is 48.3 Å². The van der Waals surface area contributed by atoms with Crippen molar-refractivity contribution in [3.8, 4) is 16.9 Å². The van der Waals surface area contributed by atoms with Crippen LogP contribution in [-0.4, -0.2) is 17.7 Å². The Balaban J connectivity index is 2.31. The van der Waals surface area contributed by atoms with Crippen LogP contribution in [0.4, 0.5) is 0 Å². The molecule has 2 aromatic rings. The fourth-order valence-electron chi connectivity index (χ4n) is 1.54. The zero-order valence-corrected chi connectivity index (χ0v) is 8.92. The van der Waals surface area contributed by atoms with E-state index >= 15 is 0 Å². The molecule has 16 heavy (non-hydrogen) atoms. The van der Waals surface area contributed by atoms with E-state index in [0.717, 1.165) is 11.1 Å². The number of hydrogen-bond acceptors (Lipinski definition) is 3. The van der Waals surface area contributed by atoms with Gasteiger partial charge in [0, 0.05) is 18.0 Å². The van der Waals surface area contributed by atoms with Crippen LogP contribution in [0.5, 0.6) is 5.75 Å². The summed E-state index contributed by atoms with van der Waals surface area (Å²) < 4.78 is 4.84. The van der Waals surface area contributed by atoms with Crippen LogP contribution in [0, 0.1) is 6.92 Å². The molecular weight excluding hydrogens is 201 g/mol. The molecule has 0 amide bonds. The van der Waals surface area contributed by atoms with Crippen LogP contribution in [0.1, 0.15) is 5.56 Å². The first-order valence-corrected chi connectivity index (χ1v) is 4.95. The van der Waals surface area contributed by atoms with E-state index in [0.29, 0.717) is 13.4 Å². The maximum Gasteiger partial charge on any atom is 0.569 e. The van der Waals surface area contributed by atoms with E-state index < -0.39 is 0 Å². The maximum atomic E-state index is 8.49. The van der Waals surface area contributed by atoms with Crippen molar-refractivity contribution >= 4 is 7.69 Å². The number of rotatable bonds is 3. The van der Waals surface area contributed by atoms with Gasteiger partial charge >= 0.3 is 7.69 Å². The molecule has 1 N–H and O–H groups in total. The lowest BCUT2D eigenvalue weighted by Gasteiger charge is -2.06. The third kappa shape index (κ3) is 2.23. The summed E-state index contributed by atoms with van der Waals surface area (Å²) in [6, 6.07) is 9.44. The van der Waals surface area contributed by atoms with Gasteiger partial charge in [-0.05, 0) is 36.2 Å². The predicted molar refractivity (Wildman–Crippen MR) is 63.0 cm³/mol. The Bertz CT molecular complexity index is 471. The number of pyridine rings is 1. The molecule has 4 heteroatoms. The molecule has 0 aliphatic rings. The fraction of sp³-hybridized carbons (Fsp3) is 0.0833. The molecule has 1 aromatic carbocycles. The van der Waals surface area contributed by atoms with Crippen molar-refractivity contribution < 1.29 is 9.68 Å². The molecule has 0 aliphatic carbocycles. The quantitative estimate of drug-likeness (QED) is 0.790. The minimum Gasteiger partial charge on any atom is -0.537 e. The molecule has 0 fully saturated rings. The first-order valence-electron chi connectivity index (χ1n) is 4.95. The highest BCUT2D eigenvalue weighted by atomic mass is 16.5. The van der Waals surface area contributed by atoms with E-state index in [9.17, 15) is 0 Å². The third-order valence-corrected chi connectivity index (χ3v) is 2.39. The number of aryl methyl sites for hydroxylation is 1. The zero-order chi connectivity index (χ0) is 11.4. The summed E-state index contributed by atoms with van der Waals surface area (Å²) in [5, 5.41) is 8.49. The van der Waals surface area contributed by atoms with Gasteiger partial charge in [0.25, 0.3) is 0 Å². The minimum atomic E-state index is 0.604. The Morgan fingerprint density at radius 1 is 1.19 bits per heavy atom. The van der Waals surface area contributed by atoms with Crippen molar-refractivity contribution in [3.63, 3.8) is 0 Å². The van der Waals surface area contributed by atoms with Crippen molar-refractivity contribution in [1.29, 1.82) is 0 Å². The summed E-state index contributed by atoms with van der Waals surface area (Å²) >= 11 is 0. The highest BCUT2D eigenvalue weighted by molar-refractivity contribution is 6.17. The summed E-state index contributed by atoms with van der Waals surface area (Å²) in [4.78, 5) is 4.10. The van der Waals surface area contributed by atoms with Crippen LogP contribution in [-0.2, 0) is 0 Å². The van der Waals surface area contributed by atoms with E-state index in [-0.39, 0.29) is 0 Å². The van der Waals surface area contributed by atoms with Crippen molar-refractivity contribution in [2.75, 3.05) is 0 Å². The van der Waals surface area contributed by atoms with Crippen LogP contribution in [0.2, 0.25) is 0 Å². The lowest BCUT2D eigenvalue weighted by molar-refractivity contribution is 0.454. The third-order valence-electron chi connectivity index (χ3n) is 2.39. The van der Waals surface area contributed by atoms with Crippen LogP contribution in [0.15, 0.2) is 42.7 Å². The fourth-order valence-corrected chi connectivity index (χ4v) is 1.54. The van der Waals surface area contributed by atoms with Crippen molar-refractivity contribution in [1.82, 2.24) is 4.98 Å². The molecule has 1 radical (unpaired) electrons. The molecule has 0 aliphatic heterocycles. The lowest BCUT2D eigenvalue weighted by atomic mass is 10.0. The summed E-state index contributed by atoms with van der Waals surface area (Å²) in [5.41, 5.74) is 3.36. The van der Waals surface area contributed by atoms with E-state index in [4.69, 9.17) is 9.68 Å². The van der Waals surface area contributed by atoms with Crippen LogP contribution < -0.4 is 4.65 Å². The van der Waals surface area contributed by atoms with Gasteiger partial charge in [-0.3, -0.25) is 4.98 Å². The van der Waals surface area contributed by atoms with Gasteiger partial charge < -0.3 is 9.68 Å². The molecule has 1 aromatic heterocycles. The minimum absolute atomic E-state index is 0.604. The molecule has 1 heterocycles. The number of nitrogens with zero attached hydrogens (tertiary/aromatic N) is 1. The largest absolute Gasteiger partial charge is 0.569 e. The van der Waals surface area contributed by atoms with Crippen LogP contribution >= 0.6 is 0 Å². The first kappa shape index (κ1) is 10.7. The molecule has 2 rings (SSSR count). The van der Waals surface area contributed by atoms with E-state index in [2.05, 4.69) is 4.98 Å². The van der Waals surface area contributed by atoms with Crippen molar-refractivity contribution in [2.45, 2.75) is 6.92 Å². The highest BCUT2D eigenvalue weighted by Crippen LogP contribution is 2.24. The number of aromatic nitrogens is 1. The second-order valence-electron chi connectivity index (χ2n) is 3.44. The van der Waals surface area contributed by atoms with Crippen molar-refractivity contribution in [2.24, 2.45) is 0 Å². The Kier molecular flexibility index (Phi) is 3.22. The molecule has 0 unspecified atom stereocenters. The van der Waals surface area contributed by atoms with Gasteiger partial charge in [0.2, 0.25) is 0 Å². The average Bonchev–Trinajstić information content (AvgIpc) is 2.31. The van der Waals surface area contributed by atoms with Gasteiger partial charge in [0.05, 0.1) is 0 Å². The SMILES string of the molecule is Cc1ccncc1-c1ccc(O[B]O)cc1. The van der Waals surface area contributed by atoms with Gasteiger partial charge in [0.15, 0.2) is 0 Å². The Labute approximate surface area is 95.0 Å². The molecule has 0 saturated heterocycles. The molecular formula is C12H11BNO2. The standard InChI is InChI=1S/C12H11BNO2/c1-9-6-7-14-8-12(9)10-2-4-11(5-3-10)16-13-15/h2-8,15H,1H3. The van der Waals surface area contributed by atoms with Gasteiger partial charge in [-0.15, -0.1) is 0 Å². The topological polar surface area (TPSA) is 42.4 Å². The maximum absolute atomic E-state index is 8.49. The Hall–Kier alpha value is -1.81. The molecule has 79 valence electrons. The lowest BCUT2D eigenvalue weighted by Crippen LogP contribution is -1.99. The number of benzene rings is 1. The second kappa shape index (κ2) is 4.81. The van der Waals surface area contributed by atoms with E-state index in [1.807, 2.05) is 31.3 Å². The molecule has 0 spiro atoms. The summed E-state index contributed by atoms with van der Waals surface area (Å²) in [6.45, 7) is 2.04. The second-order valence-corrected chi connectivity index (χ2v) is 3.44. The molecule has 0 atom stereocenters. The summed E-state index contributed by atoms with van der Waals surface area (Å²) in [5.74, 6) is 0.604. The predicted octanol–water partition coefficient (Wildman–Crippen LogP) is 1.96. The zero-order valence-electron chi connectivity index (χ0n) is 8.92. The Morgan fingerprint density at radius 3 is 2.56 bits per heavy atom. The number of hydrogen-bond donors (Lipinski definition) is 1. The average molecular weight is 212 g/mol. The van der Waals surface area contributed by atoms with Gasteiger partial charge in [-0.2, -0.15) is 0 Å². The summed E-state index contributed by atoms with van der Waals surface area (Å²) in [6.07, 6.45) is 3.61.